The van der Waals surface area contributed by atoms with E-state index in [0.29, 0.717) is 5.69 Å². The van der Waals surface area contributed by atoms with Crippen molar-refractivity contribution < 1.29 is 14.3 Å². The van der Waals surface area contributed by atoms with Crippen LogP contribution in [0.5, 0.6) is 0 Å². The van der Waals surface area contributed by atoms with Crippen LogP contribution in [0.4, 0.5) is 10.1 Å². The van der Waals surface area contributed by atoms with Gasteiger partial charge in [-0.25, -0.2) is 4.39 Å². The minimum atomic E-state index is -0.660. The molecule has 1 aromatic carbocycles. The summed E-state index contributed by atoms with van der Waals surface area (Å²) in [6.07, 6.45) is -0.559. The smallest absolute Gasteiger partial charge is 0.229 e. The number of amides is 1. The van der Waals surface area contributed by atoms with Crippen molar-refractivity contribution in [2.45, 2.75) is 12.5 Å². The average Bonchev–Trinajstić information content (AvgIpc) is 2.50. The lowest BCUT2D eigenvalue weighted by Gasteiger charge is -2.17. The van der Waals surface area contributed by atoms with E-state index in [1.165, 1.54) is 17.0 Å². The monoisotopic (exact) mass is 273 g/mol. The van der Waals surface area contributed by atoms with E-state index in [9.17, 15) is 14.3 Å². The molecule has 80 valence electrons. The third kappa shape index (κ3) is 1.89. The summed E-state index contributed by atoms with van der Waals surface area (Å²) in [4.78, 5) is 12.9. The largest absolute Gasteiger partial charge is 0.391 e. The zero-order chi connectivity index (χ0) is 11.0. The molecule has 0 aromatic heterocycles. The maximum atomic E-state index is 13.2. The Hall–Kier alpha value is -0.940. The molecule has 3 nitrogen and oxygen atoms in total. The minimum Gasteiger partial charge on any atom is -0.391 e. The molecule has 1 unspecified atom stereocenters. The fourth-order valence-corrected chi connectivity index (χ4v) is 2.10. The number of anilines is 1. The number of benzene rings is 1. The van der Waals surface area contributed by atoms with Gasteiger partial charge >= 0.3 is 0 Å². The quantitative estimate of drug-likeness (QED) is 0.846. The molecular formula is C10H9BrFNO2. The number of hydrogen-bond acceptors (Lipinski definition) is 2. The number of carbonyl (C=O) groups excluding carboxylic acids is 1. The second kappa shape index (κ2) is 3.90. The van der Waals surface area contributed by atoms with Crippen molar-refractivity contribution in [3.05, 3.63) is 28.5 Å². The van der Waals surface area contributed by atoms with Crippen LogP contribution in [0.1, 0.15) is 6.42 Å². The Balaban J connectivity index is 2.38. The molecule has 1 atom stereocenters. The topological polar surface area (TPSA) is 40.5 Å². The van der Waals surface area contributed by atoms with Gasteiger partial charge in [0.05, 0.1) is 29.2 Å². The Morgan fingerprint density at radius 2 is 2.27 bits per heavy atom. The molecule has 1 aliphatic heterocycles. The van der Waals surface area contributed by atoms with Gasteiger partial charge in [-0.2, -0.15) is 0 Å². The van der Waals surface area contributed by atoms with E-state index in [-0.39, 0.29) is 23.3 Å². The van der Waals surface area contributed by atoms with E-state index < -0.39 is 11.9 Å². The maximum Gasteiger partial charge on any atom is 0.229 e. The molecule has 1 fully saturated rings. The standard InChI is InChI=1S/C10H9BrFNO2/c11-10-7(12)2-1-3-8(10)13-5-6(14)4-9(13)15/h1-3,6,14H,4-5H2. The highest BCUT2D eigenvalue weighted by molar-refractivity contribution is 9.10. The lowest BCUT2D eigenvalue weighted by molar-refractivity contribution is -0.117. The second-order valence-electron chi connectivity index (χ2n) is 3.44. The summed E-state index contributed by atoms with van der Waals surface area (Å²) in [5, 5.41) is 9.32. The van der Waals surface area contributed by atoms with Crippen molar-refractivity contribution in [1.29, 1.82) is 0 Å². The van der Waals surface area contributed by atoms with Crippen molar-refractivity contribution in [2.24, 2.45) is 0 Å². The SMILES string of the molecule is O=C1CC(O)CN1c1cccc(F)c1Br. The number of carbonyl (C=O) groups is 1. The highest BCUT2D eigenvalue weighted by atomic mass is 79.9. The van der Waals surface area contributed by atoms with Crippen molar-refractivity contribution in [1.82, 2.24) is 0 Å². The molecule has 1 heterocycles. The van der Waals surface area contributed by atoms with Gasteiger partial charge in [-0.05, 0) is 28.1 Å². The number of halogens is 2. The molecule has 0 saturated carbocycles. The Bertz CT molecular complexity index is 410. The molecule has 0 radical (unpaired) electrons. The number of aliphatic hydroxyl groups is 1. The van der Waals surface area contributed by atoms with Crippen LogP contribution >= 0.6 is 15.9 Å². The van der Waals surface area contributed by atoms with Crippen LogP contribution in [-0.2, 0) is 4.79 Å². The predicted molar refractivity (Wildman–Crippen MR) is 57.1 cm³/mol. The number of aliphatic hydroxyl groups excluding tert-OH is 1. The molecule has 0 aliphatic carbocycles. The molecule has 15 heavy (non-hydrogen) atoms. The first kappa shape index (κ1) is 10.6. The van der Waals surface area contributed by atoms with Gasteiger partial charge in [0.15, 0.2) is 0 Å². The molecule has 1 aromatic rings. The van der Waals surface area contributed by atoms with Gasteiger partial charge in [0.25, 0.3) is 0 Å². The zero-order valence-corrected chi connectivity index (χ0v) is 9.37. The van der Waals surface area contributed by atoms with Crippen molar-refractivity contribution in [2.75, 3.05) is 11.4 Å². The third-order valence-electron chi connectivity index (χ3n) is 2.33. The van der Waals surface area contributed by atoms with Crippen LogP contribution in [-0.4, -0.2) is 23.7 Å². The zero-order valence-electron chi connectivity index (χ0n) is 7.78. The molecule has 1 saturated heterocycles. The van der Waals surface area contributed by atoms with Gasteiger partial charge < -0.3 is 10.0 Å². The molecule has 1 amide bonds. The predicted octanol–water partition coefficient (Wildman–Crippen LogP) is 1.69. The maximum absolute atomic E-state index is 13.2. The molecule has 0 spiro atoms. The van der Waals surface area contributed by atoms with Crippen LogP contribution in [0.25, 0.3) is 0 Å². The fourth-order valence-electron chi connectivity index (χ4n) is 1.62. The van der Waals surface area contributed by atoms with Crippen LogP contribution < -0.4 is 4.90 Å². The molecule has 2 rings (SSSR count). The van der Waals surface area contributed by atoms with Gasteiger partial charge in [0.1, 0.15) is 5.82 Å². The summed E-state index contributed by atoms with van der Waals surface area (Å²) in [7, 11) is 0. The number of hydrogen-bond donors (Lipinski definition) is 1. The number of β-amino-alcohol motifs (C(OH)–C–C–N with tert-alkyl or cyclic N) is 1. The van der Waals surface area contributed by atoms with Gasteiger partial charge in [-0.1, -0.05) is 6.07 Å². The van der Waals surface area contributed by atoms with Gasteiger partial charge in [-0.3, -0.25) is 4.79 Å². The normalized spacial score (nSPS) is 21.1. The molecular weight excluding hydrogens is 265 g/mol. The van der Waals surface area contributed by atoms with Crippen molar-refractivity contribution in [3.63, 3.8) is 0 Å². The van der Waals surface area contributed by atoms with Crippen LogP contribution in [0.15, 0.2) is 22.7 Å². The summed E-state index contributed by atoms with van der Waals surface area (Å²) < 4.78 is 13.5. The summed E-state index contributed by atoms with van der Waals surface area (Å²) in [6, 6.07) is 4.49. The molecule has 0 bridgehead atoms. The van der Waals surface area contributed by atoms with E-state index in [4.69, 9.17) is 0 Å². The van der Waals surface area contributed by atoms with E-state index in [0.717, 1.165) is 0 Å². The van der Waals surface area contributed by atoms with E-state index >= 15 is 0 Å². The second-order valence-corrected chi connectivity index (χ2v) is 4.23. The van der Waals surface area contributed by atoms with Crippen molar-refractivity contribution in [3.8, 4) is 0 Å². The lowest BCUT2D eigenvalue weighted by atomic mass is 10.3. The Morgan fingerprint density at radius 3 is 2.87 bits per heavy atom. The average molecular weight is 274 g/mol. The van der Waals surface area contributed by atoms with Gasteiger partial charge in [0, 0.05) is 0 Å². The molecule has 5 heteroatoms. The summed E-state index contributed by atoms with van der Waals surface area (Å²) in [6.45, 7) is 0.223. The molecule has 1 N–H and O–H groups in total. The minimum absolute atomic E-state index is 0.100. The summed E-state index contributed by atoms with van der Waals surface area (Å²) in [5.41, 5.74) is 0.469. The Morgan fingerprint density at radius 1 is 1.53 bits per heavy atom. The summed E-state index contributed by atoms with van der Waals surface area (Å²) in [5.74, 6) is -0.601. The summed E-state index contributed by atoms with van der Waals surface area (Å²) >= 11 is 3.09. The Labute approximate surface area is 94.6 Å². The van der Waals surface area contributed by atoms with Crippen molar-refractivity contribution >= 4 is 27.5 Å². The highest BCUT2D eigenvalue weighted by Crippen LogP contribution is 2.31. The molecule has 1 aliphatic rings. The van der Waals surface area contributed by atoms with E-state index in [1.54, 1.807) is 6.07 Å². The van der Waals surface area contributed by atoms with E-state index in [1.807, 2.05) is 0 Å². The number of rotatable bonds is 1. The van der Waals surface area contributed by atoms with Crippen LogP contribution in [0.2, 0.25) is 0 Å². The highest BCUT2D eigenvalue weighted by Gasteiger charge is 2.30. The Kier molecular flexibility index (Phi) is 2.75. The lowest BCUT2D eigenvalue weighted by Crippen LogP contribution is -2.25. The van der Waals surface area contributed by atoms with Gasteiger partial charge in [0.2, 0.25) is 5.91 Å². The third-order valence-corrected chi connectivity index (χ3v) is 3.11. The van der Waals surface area contributed by atoms with Gasteiger partial charge in [-0.15, -0.1) is 0 Å². The van der Waals surface area contributed by atoms with E-state index in [2.05, 4.69) is 15.9 Å². The van der Waals surface area contributed by atoms with Crippen LogP contribution in [0.3, 0.4) is 0 Å². The van der Waals surface area contributed by atoms with Crippen LogP contribution in [0, 0.1) is 5.82 Å². The first-order chi connectivity index (χ1) is 7.09. The fraction of sp³-hybridized carbons (Fsp3) is 0.300. The number of nitrogens with zero attached hydrogens (tertiary/aromatic N) is 1. The first-order valence-corrected chi connectivity index (χ1v) is 5.31. The first-order valence-electron chi connectivity index (χ1n) is 4.52.